The van der Waals surface area contributed by atoms with Gasteiger partial charge in [0.1, 0.15) is 5.60 Å². The number of halogens is 1. The fraction of sp³-hybridized carbons (Fsp3) is 0.444. The highest BCUT2D eigenvalue weighted by molar-refractivity contribution is 6.30. The number of alkyl carbamates (subject to hydrolysis) is 1. The lowest BCUT2D eigenvalue weighted by Gasteiger charge is -2.25. The Balaban J connectivity index is 2.04. The predicted octanol–water partition coefficient (Wildman–Crippen LogP) is 5.26. The van der Waals surface area contributed by atoms with E-state index in [1.165, 1.54) is 0 Å². The lowest BCUT2D eigenvalue weighted by molar-refractivity contribution is -0.164. The van der Waals surface area contributed by atoms with Crippen LogP contribution in [-0.2, 0) is 30.2 Å². The average molecular weight is 536 g/mol. The van der Waals surface area contributed by atoms with Crippen molar-refractivity contribution in [2.75, 3.05) is 6.79 Å². The van der Waals surface area contributed by atoms with E-state index in [0.717, 1.165) is 16.7 Å². The number of aliphatic hydroxyl groups excluding tert-OH is 1. The number of aliphatic hydroxyl groups is 1. The first-order chi connectivity index (χ1) is 17.3. The van der Waals surface area contributed by atoms with E-state index in [1.54, 1.807) is 40.7 Å². The van der Waals surface area contributed by atoms with E-state index < -0.39 is 48.9 Å². The summed E-state index contributed by atoms with van der Waals surface area (Å²) >= 11 is 6.09. The van der Waals surface area contributed by atoms with E-state index in [2.05, 4.69) is 10.1 Å². The molecule has 0 bridgehead atoms. The topological polar surface area (TPSA) is 120 Å². The van der Waals surface area contributed by atoms with Crippen LogP contribution in [0.15, 0.2) is 48.5 Å². The van der Waals surface area contributed by atoms with Crippen LogP contribution in [0.4, 0.5) is 9.59 Å². The summed E-state index contributed by atoms with van der Waals surface area (Å²) in [6.07, 6.45) is -3.53. The van der Waals surface area contributed by atoms with Gasteiger partial charge in [0.2, 0.25) is 6.79 Å². The first kappa shape index (κ1) is 29.9. The van der Waals surface area contributed by atoms with Gasteiger partial charge >= 0.3 is 18.2 Å². The number of hydrogen-bond acceptors (Lipinski definition) is 8. The van der Waals surface area contributed by atoms with Gasteiger partial charge in [0.15, 0.2) is 6.10 Å². The zero-order valence-corrected chi connectivity index (χ0v) is 22.4. The van der Waals surface area contributed by atoms with Crippen molar-refractivity contribution in [2.45, 2.75) is 71.3 Å². The van der Waals surface area contributed by atoms with E-state index in [1.807, 2.05) is 42.5 Å². The van der Waals surface area contributed by atoms with Crippen molar-refractivity contribution in [3.63, 3.8) is 0 Å². The van der Waals surface area contributed by atoms with E-state index in [4.69, 9.17) is 25.8 Å². The van der Waals surface area contributed by atoms with Crippen LogP contribution in [-0.4, -0.2) is 54.0 Å². The average Bonchev–Trinajstić information content (AvgIpc) is 2.77. The van der Waals surface area contributed by atoms with Gasteiger partial charge in [-0.1, -0.05) is 48.0 Å². The molecule has 2 atom stereocenters. The molecule has 0 heterocycles. The Hall–Kier alpha value is -3.30. The van der Waals surface area contributed by atoms with Gasteiger partial charge in [0, 0.05) is 17.5 Å². The first-order valence-electron chi connectivity index (χ1n) is 11.8. The summed E-state index contributed by atoms with van der Waals surface area (Å²) in [5.41, 5.74) is 2.04. The van der Waals surface area contributed by atoms with Gasteiger partial charge in [-0.15, -0.1) is 0 Å². The maximum Gasteiger partial charge on any atom is 0.511 e. The molecule has 0 aliphatic carbocycles. The van der Waals surface area contributed by atoms with Gasteiger partial charge in [-0.3, -0.25) is 0 Å². The molecule has 10 heteroatoms. The number of amides is 1. The minimum absolute atomic E-state index is 0.162. The van der Waals surface area contributed by atoms with E-state index in [9.17, 15) is 19.5 Å². The largest absolute Gasteiger partial charge is 0.511 e. The van der Waals surface area contributed by atoms with Crippen LogP contribution in [0.5, 0.6) is 0 Å². The number of nitrogens with one attached hydrogen (secondary N) is 1. The number of hydrogen-bond donors (Lipinski definition) is 2. The SMILES string of the molecule is CC(C)OC(=O)OCOC(=O)C(O)C[C@@H](Cc1ccc(-c2cccc(Cl)c2)cc1)NC(=O)OC(C)(C)C. The third-order valence-corrected chi connectivity index (χ3v) is 5.04. The molecule has 0 fully saturated rings. The molecule has 2 rings (SSSR count). The Morgan fingerprint density at radius 1 is 1.00 bits per heavy atom. The number of rotatable bonds is 10. The summed E-state index contributed by atoms with van der Waals surface area (Å²) in [6, 6.07) is 14.4. The lowest BCUT2D eigenvalue weighted by atomic mass is 9.98. The maximum atomic E-state index is 12.4. The van der Waals surface area contributed by atoms with Crippen molar-refractivity contribution in [1.82, 2.24) is 5.32 Å². The van der Waals surface area contributed by atoms with Gasteiger partial charge in [0.05, 0.1) is 6.10 Å². The first-order valence-corrected chi connectivity index (χ1v) is 12.2. The van der Waals surface area contributed by atoms with Crippen LogP contribution < -0.4 is 5.32 Å². The highest BCUT2D eigenvalue weighted by Crippen LogP contribution is 2.23. The van der Waals surface area contributed by atoms with Crippen LogP contribution in [0.3, 0.4) is 0 Å². The van der Waals surface area contributed by atoms with Crippen molar-refractivity contribution in [3.05, 3.63) is 59.1 Å². The molecule has 0 aromatic heterocycles. The Bertz CT molecular complexity index is 1050. The second kappa shape index (κ2) is 13.9. The van der Waals surface area contributed by atoms with Gasteiger partial charge in [-0.25, -0.2) is 14.4 Å². The third-order valence-electron chi connectivity index (χ3n) is 4.80. The number of carbonyl (C=O) groups is 3. The van der Waals surface area contributed by atoms with Crippen LogP contribution in [0.25, 0.3) is 11.1 Å². The fourth-order valence-corrected chi connectivity index (χ4v) is 3.47. The molecule has 37 heavy (non-hydrogen) atoms. The Kier molecular flexibility index (Phi) is 11.2. The van der Waals surface area contributed by atoms with Crippen LogP contribution in [0, 0.1) is 0 Å². The van der Waals surface area contributed by atoms with Crippen molar-refractivity contribution >= 4 is 29.8 Å². The van der Waals surface area contributed by atoms with Crippen LogP contribution >= 0.6 is 11.6 Å². The smallest absolute Gasteiger partial charge is 0.444 e. The molecule has 202 valence electrons. The van der Waals surface area contributed by atoms with Crippen LogP contribution in [0.2, 0.25) is 5.02 Å². The molecule has 2 N–H and O–H groups in total. The predicted molar refractivity (Wildman–Crippen MR) is 138 cm³/mol. The Morgan fingerprint density at radius 2 is 1.68 bits per heavy atom. The summed E-state index contributed by atoms with van der Waals surface area (Å²) in [4.78, 5) is 36.0. The Morgan fingerprint density at radius 3 is 2.27 bits per heavy atom. The molecule has 0 radical (unpaired) electrons. The number of carbonyl (C=O) groups excluding carboxylic acids is 3. The molecule has 9 nitrogen and oxygen atoms in total. The summed E-state index contributed by atoms with van der Waals surface area (Å²) in [5, 5.41) is 13.7. The third kappa shape index (κ3) is 11.5. The van der Waals surface area contributed by atoms with Gasteiger partial charge in [0.25, 0.3) is 0 Å². The molecule has 2 aromatic carbocycles. The van der Waals surface area contributed by atoms with Gasteiger partial charge in [-0.05, 0) is 69.9 Å². The van der Waals surface area contributed by atoms with E-state index >= 15 is 0 Å². The van der Waals surface area contributed by atoms with E-state index in [0.29, 0.717) is 11.4 Å². The van der Waals surface area contributed by atoms with E-state index in [-0.39, 0.29) is 6.42 Å². The highest BCUT2D eigenvalue weighted by atomic mass is 35.5. The summed E-state index contributed by atoms with van der Waals surface area (Å²) in [6.45, 7) is 7.75. The minimum atomic E-state index is -1.59. The monoisotopic (exact) mass is 535 g/mol. The highest BCUT2D eigenvalue weighted by Gasteiger charge is 2.26. The zero-order valence-electron chi connectivity index (χ0n) is 21.7. The van der Waals surface area contributed by atoms with Crippen molar-refractivity contribution in [1.29, 1.82) is 0 Å². The number of esters is 1. The summed E-state index contributed by atoms with van der Waals surface area (Å²) in [7, 11) is 0. The van der Waals surface area contributed by atoms with Crippen molar-refractivity contribution in [2.24, 2.45) is 0 Å². The molecular formula is C27H34ClNO8. The maximum absolute atomic E-state index is 12.4. The molecule has 0 saturated carbocycles. The summed E-state index contributed by atoms with van der Waals surface area (Å²) < 4.78 is 19.5. The molecule has 1 unspecified atom stereocenters. The Labute approximate surface area is 222 Å². The second-order valence-electron chi connectivity index (χ2n) is 9.65. The van der Waals surface area contributed by atoms with Crippen molar-refractivity contribution < 1.29 is 38.4 Å². The molecule has 2 aromatic rings. The fourth-order valence-electron chi connectivity index (χ4n) is 3.28. The molecular weight excluding hydrogens is 502 g/mol. The van der Waals surface area contributed by atoms with Gasteiger partial charge < -0.3 is 29.4 Å². The minimum Gasteiger partial charge on any atom is -0.444 e. The van der Waals surface area contributed by atoms with Gasteiger partial charge in [-0.2, -0.15) is 0 Å². The number of benzene rings is 2. The molecule has 0 aliphatic rings. The molecule has 0 spiro atoms. The lowest BCUT2D eigenvalue weighted by Crippen LogP contribution is -2.43. The zero-order chi connectivity index (χ0) is 27.6. The van der Waals surface area contributed by atoms with Crippen molar-refractivity contribution in [3.8, 4) is 11.1 Å². The quantitative estimate of drug-likeness (QED) is 0.240. The number of ether oxygens (including phenoxy) is 4. The normalized spacial score (nSPS) is 12.9. The summed E-state index contributed by atoms with van der Waals surface area (Å²) in [5.74, 6) is -1.01. The molecule has 0 saturated heterocycles. The molecule has 0 aliphatic heterocycles. The molecule has 1 amide bonds. The standard InChI is InChI=1S/C27H34ClNO8/c1-17(2)36-26(33)35-16-34-24(31)23(30)15-22(29-25(32)37-27(3,4)5)13-18-9-11-19(12-10-18)20-7-6-8-21(28)14-20/h6-12,14,17,22-23,30H,13,15-16H2,1-5H3,(H,29,32)/t22-,23?/m1/s1. The van der Waals surface area contributed by atoms with Crippen LogP contribution in [0.1, 0.15) is 46.6 Å². The second-order valence-corrected chi connectivity index (χ2v) is 10.1.